The van der Waals surface area contributed by atoms with Crippen LogP contribution in [0, 0.1) is 17.3 Å². The highest BCUT2D eigenvalue weighted by Crippen LogP contribution is 2.48. The molecule has 2 aliphatic carbocycles. The van der Waals surface area contributed by atoms with Crippen LogP contribution in [0.4, 0.5) is 0 Å². The molecule has 0 saturated heterocycles. The Balaban J connectivity index is 1.92. The van der Waals surface area contributed by atoms with E-state index in [2.05, 4.69) is 25.1 Å². The topological polar surface area (TPSA) is 26.3 Å². The lowest BCUT2D eigenvalue weighted by molar-refractivity contribution is -0.122. The highest BCUT2D eigenvalue weighted by Gasteiger charge is 2.42. The molecule has 0 unspecified atom stereocenters. The first-order chi connectivity index (χ1) is 9.66. The Morgan fingerprint density at radius 2 is 2.15 bits per heavy atom. The number of carbonyl (C=O) groups is 1. The molecular weight excluding hydrogens is 248 g/mol. The van der Waals surface area contributed by atoms with Crippen molar-refractivity contribution >= 4 is 6.29 Å². The van der Waals surface area contributed by atoms with Crippen LogP contribution in [0.1, 0.15) is 43.7 Å². The molecule has 2 nitrogen and oxygen atoms in total. The van der Waals surface area contributed by atoms with Crippen molar-refractivity contribution in [2.75, 3.05) is 7.11 Å². The fraction of sp³-hybridized carbons (Fsp3) is 0.611. The third-order valence-corrected chi connectivity index (χ3v) is 5.60. The molecule has 0 amide bonds. The molecule has 0 bridgehead atoms. The Labute approximate surface area is 121 Å². The third kappa shape index (κ3) is 2.25. The summed E-state index contributed by atoms with van der Waals surface area (Å²) in [5, 5.41) is 0. The monoisotopic (exact) mass is 272 g/mol. The highest BCUT2D eigenvalue weighted by atomic mass is 16.5. The fourth-order valence-corrected chi connectivity index (χ4v) is 4.38. The zero-order valence-corrected chi connectivity index (χ0v) is 12.5. The number of aldehydes is 1. The van der Waals surface area contributed by atoms with Crippen LogP contribution in [-0.4, -0.2) is 13.4 Å². The largest absolute Gasteiger partial charge is 0.497 e. The van der Waals surface area contributed by atoms with Gasteiger partial charge in [-0.1, -0.05) is 19.4 Å². The van der Waals surface area contributed by atoms with E-state index < -0.39 is 0 Å². The van der Waals surface area contributed by atoms with Crippen molar-refractivity contribution in [3.05, 3.63) is 29.3 Å². The van der Waals surface area contributed by atoms with Crippen molar-refractivity contribution in [2.24, 2.45) is 17.3 Å². The lowest BCUT2D eigenvalue weighted by Crippen LogP contribution is -2.38. The first-order valence-electron chi connectivity index (χ1n) is 7.78. The maximum absolute atomic E-state index is 11.6. The summed E-state index contributed by atoms with van der Waals surface area (Å²) in [7, 11) is 1.73. The smallest absolute Gasteiger partial charge is 0.126 e. The van der Waals surface area contributed by atoms with Gasteiger partial charge in [-0.3, -0.25) is 0 Å². The Morgan fingerprint density at radius 3 is 2.90 bits per heavy atom. The maximum atomic E-state index is 11.6. The fourth-order valence-electron chi connectivity index (χ4n) is 4.38. The van der Waals surface area contributed by atoms with Gasteiger partial charge in [0.15, 0.2) is 0 Å². The van der Waals surface area contributed by atoms with Gasteiger partial charge in [0.05, 0.1) is 7.11 Å². The Hall–Kier alpha value is -1.31. The summed E-state index contributed by atoms with van der Waals surface area (Å²) in [5.41, 5.74) is 2.79. The van der Waals surface area contributed by atoms with E-state index >= 15 is 0 Å². The van der Waals surface area contributed by atoms with Crippen LogP contribution in [0.2, 0.25) is 0 Å². The number of aryl methyl sites for hydroxylation is 1. The summed E-state index contributed by atoms with van der Waals surface area (Å²) < 4.78 is 5.36. The summed E-state index contributed by atoms with van der Waals surface area (Å²) >= 11 is 0. The summed E-state index contributed by atoms with van der Waals surface area (Å²) in [6.45, 7) is 2.17. The Kier molecular flexibility index (Phi) is 3.57. The zero-order valence-electron chi connectivity index (χ0n) is 12.5. The molecular formula is C18H24O2. The van der Waals surface area contributed by atoms with Gasteiger partial charge in [-0.15, -0.1) is 0 Å². The second-order valence-electron chi connectivity index (χ2n) is 6.76. The predicted molar refractivity (Wildman–Crippen MR) is 80.0 cm³/mol. The first-order valence-corrected chi connectivity index (χ1v) is 7.78. The van der Waals surface area contributed by atoms with E-state index in [-0.39, 0.29) is 5.41 Å². The van der Waals surface area contributed by atoms with Crippen molar-refractivity contribution in [1.29, 1.82) is 0 Å². The van der Waals surface area contributed by atoms with Gasteiger partial charge in [-0.05, 0) is 67.2 Å². The molecule has 1 fully saturated rings. The number of rotatable bonds is 2. The number of fused-ring (bicyclic) bond motifs is 2. The quantitative estimate of drug-likeness (QED) is 0.765. The molecule has 0 N–H and O–H groups in total. The van der Waals surface area contributed by atoms with Crippen molar-refractivity contribution in [2.45, 2.75) is 45.4 Å². The lowest BCUT2D eigenvalue weighted by atomic mass is 9.61. The van der Waals surface area contributed by atoms with Gasteiger partial charge >= 0.3 is 0 Å². The van der Waals surface area contributed by atoms with Crippen LogP contribution in [-0.2, 0) is 17.6 Å². The maximum Gasteiger partial charge on any atom is 0.126 e. The molecule has 0 heterocycles. The molecule has 1 saturated carbocycles. The molecule has 1 aromatic carbocycles. The van der Waals surface area contributed by atoms with Crippen molar-refractivity contribution < 1.29 is 9.53 Å². The first kappa shape index (κ1) is 13.7. The van der Waals surface area contributed by atoms with E-state index in [9.17, 15) is 4.79 Å². The third-order valence-electron chi connectivity index (χ3n) is 5.60. The van der Waals surface area contributed by atoms with Gasteiger partial charge in [0.1, 0.15) is 12.0 Å². The minimum Gasteiger partial charge on any atom is -0.497 e. The van der Waals surface area contributed by atoms with E-state index in [0.717, 1.165) is 31.4 Å². The molecule has 108 valence electrons. The van der Waals surface area contributed by atoms with Gasteiger partial charge in [-0.25, -0.2) is 0 Å². The van der Waals surface area contributed by atoms with Gasteiger partial charge in [0.2, 0.25) is 0 Å². The van der Waals surface area contributed by atoms with Crippen LogP contribution >= 0.6 is 0 Å². The van der Waals surface area contributed by atoms with Gasteiger partial charge in [0, 0.05) is 5.41 Å². The minimum atomic E-state index is -0.102. The zero-order chi connectivity index (χ0) is 14.2. The number of hydrogen-bond acceptors (Lipinski definition) is 2. The molecule has 2 aliphatic rings. The molecule has 2 heteroatoms. The molecule has 1 aromatic rings. The summed E-state index contributed by atoms with van der Waals surface area (Å²) in [5.74, 6) is 2.16. The van der Waals surface area contributed by atoms with Crippen LogP contribution in [0.5, 0.6) is 5.75 Å². The summed E-state index contributed by atoms with van der Waals surface area (Å²) in [6.07, 6.45) is 8.13. The van der Waals surface area contributed by atoms with E-state index in [1.165, 1.54) is 30.3 Å². The Bertz CT molecular complexity index is 508. The van der Waals surface area contributed by atoms with Crippen LogP contribution in [0.3, 0.4) is 0 Å². The van der Waals surface area contributed by atoms with Crippen molar-refractivity contribution in [1.82, 2.24) is 0 Å². The second-order valence-corrected chi connectivity index (χ2v) is 6.76. The molecule has 0 aromatic heterocycles. The second kappa shape index (κ2) is 5.23. The predicted octanol–water partition coefficient (Wildman–Crippen LogP) is 3.81. The van der Waals surface area contributed by atoms with E-state index in [1.807, 2.05) is 0 Å². The molecule has 0 radical (unpaired) electrons. The van der Waals surface area contributed by atoms with Crippen LogP contribution in [0.25, 0.3) is 0 Å². The van der Waals surface area contributed by atoms with E-state index in [0.29, 0.717) is 11.8 Å². The SMILES string of the molecule is COc1ccc2c(c1)C[C@H]1CCC[C@@](C)(C=O)[C@@H]1CC2. The van der Waals surface area contributed by atoms with Gasteiger partial charge in [0.25, 0.3) is 0 Å². The van der Waals surface area contributed by atoms with Crippen molar-refractivity contribution in [3.8, 4) is 5.75 Å². The Morgan fingerprint density at radius 1 is 1.30 bits per heavy atom. The van der Waals surface area contributed by atoms with E-state index in [1.54, 1.807) is 7.11 Å². The van der Waals surface area contributed by atoms with Gasteiger partial charge < -0.3 is 9.53 Å². The van der Waals surface area contributed by atoms with E-state index in [4.69, 9.17) is 4.74 Å². The number of benzene rings is 1. The van der Waals surface area contributed by atoms with Crippen molar-refractivity contribution in [3.63, 3.8) is 0 Å². The normalized spacial score (nSPS) is 32.7. The average molecular weight is 272 g/mol. The van der Waals surface area contributed by atoms with Gasteiger partial charge in [-0.2, -0.15) is 0 Å². The molecule has 0 aliphatic heterocycles. The summed E-state index contributed by atoms with van der Waals surface area (Å²) in [6, 6.07) is 6.47. The average Bonchev–Trinajstić information content (AvgIpc) is 2.66. The molecule has 20 heavy (non-hydrogen) atoms. The molecule has 3 atom stereocenters. The molecule has 0 spiro atoms. The van der Waals surface area contributed by atoms with Crippen LogP contribution in [0.15, 0.2) is 18.2 Å². The number of ether oxygens (including phenoxy) is 1. The number of hydrogen-bond donors (Lipinski definition) is 0. The highest BCUT2D eigenvalue weighted by molar-refractivity contribution is 5.59. The number of methoxy groups -OCH3 is 1. The standard InChI is InChI=1S/C18H24O2/c1-18(12-19)9-3-4-14-10-15-11-16(20-2)7-5-13(15)6-8-17(14)18/h5,7,11-12,14,17H,3-4,6,8-10H2,1-2H3/t14-,17-,18+/m1/s1. The van der Waals surface area contributed by atoms with Crippen LogP contribution < -0.4 is 4.74 Å². The summed E-state index contributed by atoms with van der Waals surface area (Å²) in [4.78, 5) is 11.6. The number of carbonyl (C=O) groups excluding carboxylic acids is 1. The molecule has 3 rings (SSSR count). The minimum absolute atomic E-state index is 0.102. The lowest BCUT2D eigenvalue weighted by Gasteiger charge is -2.42.